The van der Waals surface area contributed by atoms with E-state index in [1.165, 1.54) is 51.7 Å². The highest BCUT2D eigenvalue weighted by Crippen LogP contribution is 2.20. The predicted molar refractivity (Wildman–Crippen MR) is 104 cm³/mol. The van der Waals surface area contributed by atoms with Gasteiger partial charge in [0.25, 0.3) is 5.69 Å². The summed E-state index contributed by atoms with van der Waals surface area (Å²) in [6.07, 6.45) is 2.62. The molecule has 0 aliphatic carbocycles. The third-order valence-electron chi connectivity index (χ3n) is 4.54. The molecule has 29 heavy (non-hydrogen) atoms. The Hall–Kier alpha value is -3.11. The molecule has 0 radical (unpaired) electrons. The average molecular weight is 419 g/mol. The molecule has 1 heterocycles. The van der Waals surface area contributed by atoms with E-state index in [1.54, 1.807) is 6.07 Å². The molecule has 0 bridgehead atoms. The number of amides is 1. The monoisotopic (exact) mass is 419 g/mol. The fraction of sp³-hybridized carbons (Fsp3) is 0.211. The fourth-order valence-corrected chi connectivity index (χ4v) is 4.39. The number of nitrogens with zero attached hydrogens (tertiary/aromatic N) is 3. The molecular weight excluding hydrogens is 401 g/mol. The second-order valence-corrected chi connectivity index (χ2v) is 8.27. The first-order valence-electron chi connectivity index (χ1n) is 8.75. The lowest BCUT2D eigenvalue weighted by Gasteiger charge is -2.33. The minimum absolute atomic E-state index is 0.00467. The van der Waals surface area contributed by atoms with Crippen molar-refractivity contribution in [3.05, 3.63) is 76.1 Å². The molecule has 10 heteroatoms. The van der Waals surface area contributed by atoms with Crippen LogP contribution in [0.4, 0.5) is 10.1 Å². The Labute approximate surface area is 167 Å². The van der Waals surface area contributed by atoms with E-state index in [0.29, 0.717) is 5.56 Å². The molecule has 3 rings (SSSR count). The molecule has 1 aliphatic heterocycles. The summed E-state index contributed by atoms with van der Waals surface area (Å²) in [5, 5.41) is 11.0. The molecule has 0 spiro atoms. The highest BCUT2D eigenvalue weighted by Gasteiger charge is 2.29. The highest BCUT2D eigenvalue weighted by atomic mass is 32.2. The summed E-state index contributed by atoms with van der Waals surface area (Å²) in [6, 6.07) is 10.6. The van der Waals surface area contributed by atoms with Crippen molar-refractivity contribution in [1.82, 2.24) is 9.21 Å². The molecule has 1 aliphatic rings. The van der Waals surface area contributed by atoms with Gasteiger partial charge in [-0.1, -0.05) is 12.1 Å². The zero-order chi connectivity index (χ0) is 21.0. The van der Waals surface area contributed by atoms with Crippen LogP contribution in [0.2, 0.25) is 0 Å². The molecule has 0 N–H and O–H groups in total. The number of benzene rings is 2. The molecule has 2 aromatic carbocycles. The van der Waals surface area contributed by atoms with E-state index in [-0.39, 0.29) is 42.7 Å². The van der Waals surface area contributed by atoms with Gasteiger partial charge >= 0.3 is 0 Å². The summed E-state index contributed by atoms with van der Waals surface area (Å²) in [5.74, 6) is -0.883. The maximum atomic E-state index is 13.0. The standard InChI is InChI=1S/C19H18FN3O5S/c20-16-6-8-17(9-7-16)29(27,28)22-13-11-21(12-14-22)19(24)10-5-15-3-1-2-4-18(15)23(25)26/h1-10H,11-14H2/b10-5+. The lowest BCUT2D eigenvalue weighted by Crippen LogP contribution is -2.50. The van der Waals surface area contributed by atoms with Crippen LogP contribution in [0.5, 0.6) is 0 Å². The van der Waals surface area contributed by atoms with E-state index in [4.69, 9.17) is 0 Å². The first kappa shape index (κ1) is 20.6. The summed E-state index contributed by atoms with van der Waals surface area (Å²) in [6.45, 7) is 0.566. The maximum Gasteiger partial charge on any atom is 0.276 e. The van der Waals surface area contributed by atoms with Crippen LogP contribution in [-0.4, -0.2) is 54.6 Å². The van der Waals surface area contributed by atoms with Crippen molar-refractivity contribution < 1.29 is 22.5 Å². The molecule has 0 atom stereocenters. The zero-order valence-electron chi connectivity index (χ0n) is 15.3. The average Bonchev–Trinajstić information content (AvgIpc) is 2.72. The molecule has 1 fully saturated rings. The third-order valence-corrected chi connectivity index (χ3v) is 6.45. The Morgan fingerprint density at radius 1 is 1.03 bits per heavy atom. The molecule has 0 aromatic heterocycles. The van der Waals surface area contributed by atoms with E-state index in [0.717, 1.165) is 12.1 Å². The number of para-hydroxylation sites is 1. The number of hydrogen-bond acceptors (Lipinski definition) is 5. The van der Waals surface area contributed by atoms with Crippen LogP contribution in [0.1, 0.15) is 5.56 Å². The second kappa shape index (κ2) is 8.50. The van der Waals surface area contributed by atoms with Gasteiger partial charge in [0.05, 0.1) is 15.4 Å². The number of nitro groups is 1. The summed E-state index contributed by atoms with van der Waals surface area (Å²) >= 11 is 0. The zero-order valence-corrected chi connectivity index (χ0v) is 16.1. The maximum absolute atomic E-state index is 13.0. The van der Waals surface area contributed by atoms with Crippen LogP contribution in [0, 0.1) is 15.9 Å². The van der Waals surface area contributed by atoms with E-state index in [2.05, 4.69) is 0 Å². The van der Waals surface area contributed by atoms with E-state index in [9.17, 15) is 27.7 Å². The predicted octanol–water partition coefficient (Wildman–Crippen LogP) is 2.28. The van der Waals surface area contributed by atoms with Crippen molar-refractivity contribution in [3.8, 4) is 0 Å². The first-order chi connectivity index (χ1) is 13.8. The number of carbonyl (C=O) groups excluding carboxylic acids is 1. The molecule has 152 valence electrons. The van der Waals surface area contributed by atoms with Crippen LogP contribution in [-0.2, 0) is 14.8 Å². The van der Waals surface area contributed by atoms with E-state index >= 15 is 0 Å². The van der Waals surface area contributed by atoms with Crippen molar-refractivity contribution in [2.75, 3.05) is 26.2 Å². The van der Waals surface area contributed by atoms with Gasteiger partial charge in [0.1, 0.15) is 5.82 Å². The molecule has 2 aromatic rings. The summed E-state index contributed by atoms with van der Waals surface area (Å²) < 4.78 is 39.5. The first-order valence-corrected chi connectivity index (χ1v) is 10.2. The van der Waals surface area contributed by atoms with Gasteiger partial charge in [-0.25, -0.2) is 12.8 Å². The van der Waals surface area contributed by atoms with E-state index in [1.807, 2.05) is 0 Å². The quantitative estimate of drug-likeness (QED) is 0.420. The van der Waals surface area contributed by atoms with Gasteiger partial charge in [-0.2, -0.15) is 4.31 Å². The number of hydrogen-bond donors (Lipinski definition) is 0. The van der Waals surface area contributed by atoms with Gasteiger partial charge in [0.15, 0.2) is 0 Å². The molecule has 0 saturated carbocycles. The van der Waals surface area contributed by atoms with Gasteiger partial charge in [-0.15, -0.1) is 0 Å². The smallest absolute Gasteiger partial charge is 0.276 e. The van der Waals surface area contributed by atoms with Gasteiger partial charge in [-0.3, -0.25) is 14.9 Å². The molecule has 1 amide bonds. The lowest BCUT2D eigenvalue weighted by molar-refractivity contribution is -0.385. The Kier molecular flexibility index (Phi) is 6.04. The van der Waals surface area contributed by atoms with Crippen LogP contribution >= 0.6 is 0 Å². The number of piperazine rings is 1. The number of carbonyl (C=O) groups is 1. The van der Waals surface area contributed by atoms with Gasteiger partial charge in [-0.05, 0) is 36.4 Å². The van der Waals surface area contributed by atoms with Crippen molar-refractivity contribution in [2.45, 2.75) is 4.90 Å². The van der Waals surface area contributed by atoms with Crippen LogP contribution in [0.25, 0.3) is 6.08 Å². The Balaban J connectivity index is 1.64. The Morgan fingerprint density at radius 3 is 2.28 bits per heavy atom. The molecular formula is C19H18FN3O5S. The van der Waals surface area contributed by atoms with Crippen molar-refractivity contribution in [3.63, 3.8) is 0 Å². The molecule has 0 unspecified atom stereocenters. The van der Waals surface area contributed by atoms with Crippen LogP contribution < -0.4 is 0 Å². The Morgan fingerprint density at radius 2 is 1.66 bits per heavy atom. The number of sulfonamides is 1. The molecule has 1 saturated heterocycles. The van der Waals surface area contributed by atoms with Crippen molar-refractivity contribution in [1.29, 1.82) is 0 Å². The molecule has 8 nitrogen and oxygen atoms in total. The number of halogens is 1. The van der Waals surface area contributed by atoms with Crippen LogP contribution in [0.15, 0.2) is 59.5 Å². The topological polar surface area (TPSA) is 101 Å². The minimum Gasteiger partial charge on any atom is -0.337 e. The van der Waals surface area contributed by atoms with Gasteiger partial charge in [0.2, 0.25) is 15.9 Å². The minimum atomic E-state index is -3.76. The SMILES string of the molecule is O=C(/C=C/c1ccccc1[N+](=O)[O-])N1CCN(S(=O)(=O)c2ccc(F)cc2)CC1. The largest absolute Gasteiger partial charge is 0.337 e. The fourth-order valence-electron chi connectivity index (χ4n) is 2.97. The summed E-state index contributed by atoms with van der Waals surface area (Å²) in [5.41, 5.74) is 0.204. The highest BCUT2D eigenvalue weighted by molar-refractivity contribution is 7.89. The van der Waals surface area contributed by atoms with Crippen molar-refractivity contribution in [2.24, 2.45) is 0 Å². The summed E-state index contributed by atoms with van der Waals surface area (Å²) in [7, 11) is -3.76. The van der Waals surface area contributed by atoms with Gasteiger partial charge < -0.3 is 4.90 Å². The van der Waals surface area contributed by atoms with Gasteiger partial charge in [0, 0.05) is 38.3 Å². The van der Waals surface area contributed by atoms with Crippen molar-refractivity contribution >= 4 is 27.7 Å². The normalized spacial score (nSPS) is 15.6. The lowest BCUT2D eigenvalue weighted by atomic mass is 10.1. The second-order valence-electron chi connectivity index (χ2n) is 6.33. The number of rotatable bonds is 5. The van der Waals surface area contributed by atoms with E-state index < -0.39 is 20.8 Å². The number of nitro benzene ring substituents is 1. The third kappa shape index (κ3) is 4.66. The summed E-state index contributed by atoms with van der Waals surface area (Å²) in [4.78, 5) is 24.3. The Bertz CT molecular complexity index is 1050. The van der Waals surface area contributed by atoms with Crippen LogP contribution in [0.3, 0.4) is 0 Å².